The summed E-state index contributed by atoms with van der Waals surface area (Å²) in [5.74, 6) is 2.39. The van der Waals surface area contributed by atoms with E-state index >= 15 is 0 Å². The van der Waals surface area contributed by atoms with Gasteiger partial charge < -0.3 is 0 Å². The van der Waals surface area contributed by atoms with Crippen LogP contribution in [0.15, 0.2) is 0 Å². The molecule has 0 saturated carbocycles. The molecule has 1 heteroatoms. The molecule has 1 fully saturated rings. The second kappa shape index (κ2) is 5.08. The van der Waals surface area contributed by atoms with Crippen molar-refractivity contribution in [3.05, 3.63) is 0 Å². The Balaban J connectivity index is 2.12. The predicted octanol–water partition coefficient (Wildman–Crippen LogP) is 3.71. The molecular weight excluding hydrogens is 152 g/mol. The van der Waals surface area contributed by atoms with Gasteiger partial charge in [0.25, 0.3) is 0 Å². The molecule has 1 aliphatic rings. The average molecular weight is 172 g/mol. The van der Waals surface area contributed by atoms with Crippen LogP contribution in [0, 0.1) is 5.92 Å². The summed E-state index contributed by atoms with van der Waals surface area (Å²) in [6.07, 6.45) is 7.19. The molecule has 1 aliphatic heterocycles. The summed E-state index contributed by atoms with van der Waals surface area (Å²) in [5, 5.41) is 1.00. The Morgan fingerprint density at radius 2 is 2.36 bits per heavy atom. The molecule has 0 N–H and O–H groups in total. The summed E-state index contributed by atoms with van der Waals surface area (Å²) in [7, 11) is 0. The summed E-state index contributed by atoms with van der Waals surface area (Å²) >= 11 is 2.20. The van der Waals surface area contributed by atoms with Crippen LogP contribution in [-0.2, 0) is 0 Å². The van der Waals surface area contributed by atoms with E-state index in [-0.39, 0.29) is 0 Å². The number of thioether (sulfide) groups is 1. The standard InChI is InChI=1S/C10H20S/c1-3-4-6-9(2)10-7-5-8-11-10/h9-10H,3-8H2,1-2H3. The van der Waals surface area contributed by atoms with Crippen LogP contribution in [0.3, 0.4) is 0 Å². The van der Waals surface area contributed by atoms with E-state index in [1.54, 1.807) is 0 Å². The second-order valence-electron chi connectivity index (χ2n) is 3.67. The van der Waals surface area contributed by atoms with Gasteiger partial charge in [-0.15, -0.1) is 0 Å². The molecule has 0 nitrogen and oxygen atoms in total. The highest BCUT2D eigenvalue weighted by molar-refractivity contribution is 8.00. The third kappa shape index (κ3) is 3.06. The lowest BCUT2D eigenvalue weighted by atomic mass is 9.98. The Bertz CT molecular complexity index is 95.0. The van der Waals surface area contributed by atoms with E-state index in [0.717, 1.165) is 11.2 Å². The Morgan fingerprint density at radius 3 is 2.91 bits per heavy atom. The zero-order valence-corrected chi connectivity index (χ0v) is 8.62. The number of hydrogen-bond acceptors (Lipinski definition) is 1. The number of rotatable bonds is 4. The molecule has 0 bridgehead atoms. The minimum atomic E-state index is 0.974. The first-order valence-corrected chi connectivity index (χ1v) is 6.01. The zero-order valence-electron chi connectivity index (χ0n) is 7.81. The largest absolute Gasteiger partial charge is 0.158 e. The fourth-order valence-corrected chi connectivity index (χ4v) is 3.20. The maximum Gasteiger partial charge on any atom is 0.00729 e. The van der Waals surface area contributed by atoms with E-state index < -0.39 is 0 Å². The fraction of sp³-hybridized carbons (Fsp3) is 1.00. The van der Waals surface area contributed by atoms with Crippen molar-refractivity contribution in [1.29, 1.82) is 0 Å². The highest BCUT2D eigenvalue weighted by atomic mass is 32.2. The van der Waals surface area contributed by atoms with Crippen LogP contribution in [0.5, 0.6) is 0 Å². The maximum atomic E-state index is 2.43. The summed E-state index contributed by atoms with van der Waals surface area (Å²) in [4.78, 5) is 0. The minimum Gasteiger partial charge on any atom is -0.158 e. The number of unbranched alkanes of at least 4 members (excludes halogenated alkanes) is 1. The van der Waals surface area contributed by atoms with Gasteiger partial charge in [0, 0.05) is 5.25 Å². The minimum absolute atomic E-state index is 0.974. The van der Waals surface area contributed by atoms with Gasteiger partial charge in [-0.05, 0) is 30.9 Å². The van der Waals surface area contributed by atoms with Gasteiger partial charge >= 0.3 is 0 Å². The molecular formula is C10H20S. The van der Waals surface area contributed by atoms with Crippen molar-refractivity contribution in [3.63, 3.8) is 0 Å². The van der Waals surface area contributed by atoms with Crippen LogP contribution in [0.4, 0.5) is 0 Å². The molecule has 0 aliphatic carbocycles. The third-order valence-corrected chi connectivity index (χ3v) is 4.27. The molecule has 0 aromatic heterocycles. The lowest BCUT2D eigenvalue weighted by Crippen LogP contribution is -2.10. The van der Waals surface area contributed by atoms with Crippen molar-refractivity contribution in [1.82, 2.24) is 0 Å². The van der Waals surface area contributed by atoms with Crippen LogP contribution in [0.2, 0.25) is 0 Å². The fourth-order valence-electron chi connectivity index (χ4n) is 1.76. The molecule has 0 radical (unpaired) electrons. The van der Waals surface area contributed by atoms with Gasteiger partial charge in [-0.1, -0.05) is 26.7 Å². The molecule has 2 atom stereocenters. The predicted molar refractivity (Wildman–Crippen MR) is 54.2 cm³/mol. The summed E-state index contributed by atoms with van der Waals surface area (Å²) in [5.41, 5.74) is 0. The smallest absolute Gasteiger partial charge is 0.00729 e. The highest BCUT2D eigenvalue weighted by Gasteiger charge is 2.21. The zero-order chi connectivity index (χ0) is 8.10. The van der Waals surface area contributed by atoms with E-state index in [4.69, 9.17) is 0 Å². The van der Waals surface area contributed by atoms with Gasteiger partial charge in [-0.3, -0.25) is 0 Å². The van der Waals surface area contributed by atoms with Crippen LogP contribution >= 0.6 is 11.8 Å². The van der Waals surface area contributed by atoms with Crippen molar-refractivity contribution in [2.24, 2.45) is 5.92 Å². The molecule has 0 aromatic carbocycles. The maximum absolute atomic E-state index is 2.43. The van der Waals surface area contributed by atoms with E-state index in [9.17, 15) is 0 Å². The van der Waals surface area contributed by atoms with E-state index in [1.807, 2.05) is 0 Å². The molecule has 66 valence electrons. The van der Waals surface area contributed by atoms with Crippen LogP contribution < -0.4 is 0 Å². The Labute approximate surface area is 75.1 Å². The van der Waals surface area contributed by atoms with Gasteiger partial charge in [-0.25, -0.2) is 0 Å². The monoisotopic (exact) mass is 172 g/mol. The summed E-state index contributed by atoms with van der Waals surface area (Å²) in [6.45, 7) is 4.72. The van der Waals surface area contributed by atoms with Crippen LogP contribution in [-0.4, -0.2) is 11.0 Å². The van der Waals surface area contributed by atoms with Gasteiger partial charge in [-0.2, -0.15) is 11.8 Å². The second-order valence-corrected chi connectivity index (χ2v) is 5.02. The van der Waals surface area contributed by atoms with Crippen molar-refractivity contribution in [3.8, 4) is 0 Å². The van der Waals surface area contributed by atoms with Gasteiger partial charge in [0.05, 0.1) is 0 Å². The molecule has 1 saturated heterocycles. The van der Waals surface area contributed by atoms with Crippen LogP contribution in [0.25, 0.3) is 0 Å². The van der Waals surface area contributed by atoms with Crippen molar-refractivity contribution < 1.29 is 0 Å². The molecule has 1 heterocycles. The molecule has 1 rings (SSSR count). The van der Waals surface area contributed by atoms with Crippen LogP contribution in [0.1, 0.15) is 46.0 Å². The topological polar surface area (TPSA) is 0 Å². The Kier molecular flexibility index (Phi) is 4.36. The highest BCUT2D eigenvalue weighted by Crippen LogP contribution is 2.33. The number of hydrogen-bond donors (Lipinski definition) is 0. The van der Waals surface area contributed by atoms with E-state index in [1.165, 1.54) is 37.9 Å². The van der Waals surface area contributed by atoms with Gasteiger partial charge in [0.1, 0.15) is 0 Å². The van der Waals surface area contributed by atoms with E-state index in [0.29, 0.717) is 0 Å². The summed E-state index contributed by atoms with van der Waals surface area (Å²) < 4.78 is 0. The molecule has 0 amide bonds. The lowest BCUT2D eigenvalue weighted by molar-refractivity contribution is 0.477. The van der Waals surface area contributed by atoms with Crippen molar-refractivity contribution in [2.45, 2.75) is 51.2 Å². The SMILES string of the molecule is CCCCC(C)C1CCCS1. The average Bonchev–Trinajstić information content (AvgIpc) is 2.52. The lowest BCUT2D eigenvalue weighted by Gasteiger charge is -2.17. The van der Waals surface area contributed by atoms with Gasteiger partial charge in [0.2, 0.25) is 0 Å². The first-order chi connectivity index (χ1) is 5.34. The third-order valence-electron chi connectivity index (χ3n) is 2.61. The normalized spacial score (nSPS) is 27.3. The molecule has 0 aromatic rings. The molecule has 11 heavy (non-hydrogen) atoms. The molecule has 0 spiro atoms. The van der Waals surface area contributed by atoms with Crippen molar-refractivity contribution in [2.75, 3.05) is 5.75 Å². The quantitative estimate of drug-likeness (QED) is 0.623. The van der Waals surface area contributed by atoms with Gasteiger partial charge in [0.15, 0.2) is 0 Å². The Morgan fingerprint density at radius 1 is 1.55 bits per heavy atom. The summed E-state index contributed by atoms with van der Waals surface area (Å²) in [6, 6.07) is 0. The van der Waals surface area contributed by atoms with Crippen molar-refractivity contribution >= 4 is 11.8 Å². The van der Waals surface area contributed by atoms with E-state index in [2.05, 4.69) is 25.6 Å². The molecule has 2 unspecified atom stereocenters. The first-order valence-electron chi connectivity index (χ1n) is 4.96. The first kappa shape index (κ1) is 9.44. The Hall–Kier alpha value is 0.350.